The fourth-order valence-electron chi connectivity index (χ4n) is 6.64. The first-order chi connectivity index (χ1) is 22.1. The molecule has 236 valence electrons. The van der Waals surface area contributed by atoms with Gasteiger partial charge < -0.3 is 14.2 Å². The van der Waals surface area contributed by atoms with E-state index in [0.717, 1.165) is 68.4 Å². The smallest absolute Gasteiger partial charge is 0.166 e. The third-order valence-electron chi connectivity index (χ3n) is 9.30. The van der Waals surface area contributed by atoms with Gasteiger partial charge in [0, 0.05) is 18.8 Å². The number of hydrogen-bond acceptors (Lipinski definition) is 3. The fourth-order valence-corrected chi connectivity index (χ4v) is 6.64. The predicted molar refractivity (Wildman–Crippen MR) is 178 cm³/mol. The van der Waals surface area contributed by atoms with Gasteiger partial charge in [-0.25, -0.2) is 8.78 Å². The van der Waals surface area contributed by atoms with Crippen LogP contribution in [0.3, 0.4) is 0 Å². The predicted octanol–water partition coefficient (Wildman–Crippen LogP) is 9.82. The van der Waals surface area contributed by atoms with Crippen molar-refractivity contribution in [3.05, 3.63) is 114 Å². The van der Waals surface area contributed by atoms with Crippen molar-refractivity contribution in [1.82, 2.24) is 0 Å². The van der Waals surface area contributed by atoms with E-state index in [1.165, 1.54) is 23.8 Å². The van der Waals surface area contributed by atoms with Gasteiger partial charge in [0.05, 0.1) is 18.8 Å². The van der Waals surface area contributed by atoms with Crippen molar-refractivity contribution in [2.24, 2.45) is 5.92 Å². The van der Waals surface area contributed by atoms with Crippen molar-refractivity contribution < 1.29 is 23.0 Å². The van der Waals surface area contributed by atoms with Gasteiger partial charge in [-0.1, -0.05) is 66.7 Å². The van der Waals surface area contributed by atoms with Gasteiger partial charge in [-0.2, -0.15) is 0 Å². The van der Waals surface area contributed by atoms with Crippen LogP contribution in [0.2, 0.25) is 0 Å². The maximum Gasteiger partial charge on any atom is 0.166 e. The van der Waals surface area contributed by atoms with E-state index >= 15 is 8.78 Å². The van der Waals surface area contributed by atoms with Crippen molar-refractivity contribution >= 4 is 10.8 Å². The Bertz CT molecular complexity index is 1580. The second-order valence-corrected chi connectivity index (χ2v) is 12.6. The number of epoxide rings is 1. The van der Waals surface area contributed by atoms with E-state index in [-0.39, 0.29) is 5.56 Å². The van der Waals surface area contributed by atoms with E-state index in [0.29, 0.717) is 48.7 Å². The van der Waals surface area contributed by atoms with Gasteiger partial charge in [0.1, 0.15) is 5.75 Å². The summed E-state index contributed by atoms with van der Waals surface area (Å²) in [6.07, 6.45) is 12.5. The lowest BCUT2D eigenvalue weighted by Gasteiger charge is -2.18. The first-order valence-electron chi connectivity index (χ1n) is 16.6. The lowest BCUT2D eigenvalue weighted by Crippen LogP contribution is -2.18. The second-order valence-electron chi connectivity index (χ2n) is 12.6. The Hall–Kier alpha value is -3.54. The molecule has 3 unspecified atom stereocenters. The molecule has 0 N–H and O–H groups in total. The molecular formula is C40H44F2O3. The summed E-state index contributed by atoms with van der Waals surface area (Å²) < 4.78 is 48.0. The molecule has 0 aromatic heterocycles. The van der Waals surface area contributed by atoms with Crippen molar-refractivity contribution in [2.45, 2.75) is 76.4 Å². The average Bonchev–Trinajstić information content (AvgIpc) is 3.85. The number of fused-ring (bicyclic) bond motifs is 2. The minimum atomic E-state index is -0.804. The molecule has 2 fully saturated rings. The summed E-state index contributed by atoms with van der Waals surface area (Å²) in [5.41, 5.74) is 3.67. The van der Waals surface area contributed by atoms with Crippen LogP contribution in [-0.2, 0) is 28.7 Å². The standard InChI is InChI=1S/C40H44F2O3/c1-2-3-9-28-24-32-10-5-6-11-35(32)33(25-28)14-13-31-17-20-36(40(42)39(31)41)30-15-18-34(19-16-30)44-23-8-4-7-22-43-27-29-12-21-37-38(26-29)45-37/h2,5-6,10-11,15-20,24-25,29,37-38H,1,3-4,7-9,12-14,21-23,26-27H2. The lowest BCUT2D eigenvalue weighted by molar-refractivity contribution is 0.0846. The number of ether oxygens (including phenoxy) is 3. The molecule has 45 heavy (non-hydrogen) atoms. The molecular weight excluding hydrogens is 566 g/mol. The molecule has 2 aliphatic rings. The molecule has 0 radical (unpaired) electrons. The molecule has 0 amide bonds. The van der Waals surface area contributed by atoms with Crippen LogP contribution in [0.25, 0.3) is 21.9 Å². The van der Waals surface area contributed by atoms with Gasteiger partial charge in [0.25, 0.3) is 0 Å². The molecule has 3 atom stereocenters. The number of allylic oxidation sites excluding steroid dienone is 1. The van der Waals surface area contributed by atoms with Gasteiger partial charge in [0.15, 0.2) is 11.6 Å². The summed E-state index contributed by atoms with van der Waals surface area (Å²) in [6, 6.07) is 23.3. The van der Waals surface area contributed by atoms with E-state index in [1.807, 2.05) is 30.3 Å². The van der Waals surface area contributed by atoms with Crippen LogP contribution in [0.15, 0.2) is 85.5 Å². The molecule has 0 bridgehead atoms. The number of rotatable bonds is 16. The fraction of sp³-hybridized carbons (Fsp3) is 0.400. The Morgan fingerprint density at radius 3 is 2.47 bits per heavy atom. The van der Waals surface area contributed by atoms with Crippen LogP contribution in [0.1, 0.15) is 61.6 Å². The van der Waals surface area contributed by atoms with E-state index in [9.17, 15) is 0 Å². The maximum atomic E-state index is 15.3. The second kappa shape index (κ2) is 15.2. The monoisotopic (exact) mass is 610 g/mol. The molecule has 3 nitrogen and oxygen atoms in total. The van der Waals surface area contributed by atoms with Gasteiger partial charge in [0.2, 0.25) is 0 Å². The van der Waals surface area contributed by atoms with Crippen molar-refractivity contribution in [3.63, 3.8) is 0 Å². The summed E-state index contributed by atoms with van der Waals surface area (Å²) in [6.45, 7) is 6.10. The Labute approximate surface area is 266 Å². The zero-order chi connectivity index (χ0) is 31.0. The molecule has 6 rings (SSSR count). The lowest BCUT2D eigenvalue weighted by atomic mass is 9.90. The molecule has 1 aliphatic carbocycles. The van der Waals surface area contributed by atoms with Gasteiger partial charge >= 0.3 is 0 Å². The van der Waals surface area contributed by atoms with Crippen LogP contribution < -0.4 is 4.74 Å². The van der Waals surface area contributed by atoms with Crippen molar-refractivity contribution in [2.75, 3.05) is 19.8 Å². The Balaban J connectivity index is 0.968. The quantitative estimate of drug-likeness (QED) is 0.0719. The van der Waals surface area contributed by atoms with Crippen LogP contribution in [0, 0.1) is 17.6 Å². The largest absolute Gasteiger partial charge is 0.494 e. The van der Waals surface area contributed by atoms with Crippen LogP contribution in [0.4, 0.5) is 8.78 Å². The molecule has 0 spiro atoms. The Morgan fingerprint density at radius 2 is 1.62 bits per heavy atom. The third kappa shape index (κ3) is 8.19. The van der Waals surface area contributed by atoms with Crippen LogP contribution >= 0.6 is 0 Å². The molecule has 1 heterocycles. The molecule has 1 saturated carbocycles. The molecule has 4 aromatic rings. The van der Waals surface area contributed by atoms with E-state index < -0.39 is 11.6 Å². The summed E-state index contributed by atoms with van der Waals surface area (Å²) in [5.74, 6) is -0.187. The van der Waals surface area contributed by atoms with Gasteiger partial charge in [-0.15, -0.1) is 6.58 Å². The molecule has 4 aromatic carbocycles. The van der Waals surface area contributed by atoms with Gasteiger partial charge in [-0.3, -0.25) is 0 Å². The third-order valence-corrected chi connectivity index (χ3v) is 9.30. The van der Waals surface area contributed by atoms with Gasteiger partial charge in [-0.05, 0) is 115 Å². The highest BCUT2D eigenvalue weighted by atomic mass is 19.2. The summed E-state index contributed by atoms with van der Waals surface area (Å²) in [4.78, 5) is 0. The number of unbranched alkanes of at least 4 members (excludes halogenated alkanes) is 2. The Kier molecular flexibility index (Phi) is 10.6. The van der Waals surface area contributed by atoms with E-state index in [2.05, 4.69) is 30.8 Å². The highest BCUT2D eigenvalue weighted by molar-refractivity contribution is 5.86. The Morgan fingerprint density at radius 1 is 0.800 bits per heavy atom. The molecule has 5 heteroatoms. The summed E-state index contributed by atoms with van der Waals surface area (Å²) in [7, 11) is 0. The average molecular weight is 611 g/mol. The minimum absolute atomic E-state index is 0.261. The molecule has 1 aliphatic heterocycles. The van der Waals surface area contributed by atoms with Crippen molar-refractivity contribution in [3.8, 4) is 16.9 Å². The van der Waals surface area contributed by atoms with Crippen molar-refractivity contribution in [1.29, 1.82) is 0 Å². The first kappa shape index (κ1) is 31.4. The molecule has 1 saturated heterocycles. The van der Waals surface area contributed by atoms with Crippen LogP contribution in [0.5, 0.6) is 5.75 Å². The number of halogens is 2. The topological polar surface area (TPSA) is 31.0 Å². The minimum Gasteiger partial charge on any atom is -0.494 e. The first-order valence-corrected chi connectivity index (χ1v) is 16.6. The van der Waals surface area contributed by atoms with Crippen LogP contribution in [-0.4, -0.2) is 32.0 Å². The highest BCUT2D eigenvalue weighted by Gasteiger charge is 2.43. The SMILES string of the molecule is C=CCCc1cc(CCc2ccc(-c3ccc(OCCCCCOCC4CCC5OC5C4)cc3)c(F)c2F)c2ccccc2c1. The zero-order valence-electron chi connectivity index (χ0n) is 26.1. The number of hydrogen-bond donors (Lipinski definition) is 0. The van der Waals surface area contributed by atoms with E-state index in [4.69, 9.17) is 14.2 Å². The maximum absolute atomic E-state index is 15.3. The summed E-state index contributed by atoms with van der Waals surface area (Å²) >= 11 is 0. The highest BCUT2D eigenvalue weighted by Crippen LogP contribution is 2.39. The normalized spacial score (nSPS) is 18.9. The number of benzene rings is 4. The number of aryl methyl sites for hydroxylation is 3. The summed E-state index contributed by atoms with van der Waals surface area (Å²) in [5, 5.41) is 2.33. The van der Waals surface area contributed by atoms with E-state index in [1.54, 1.807) is 24.3 Å². The zero-order valence-corrected chi connectivity index (χ0v) is 26.1.